The van der Waals surface area contributed by atoms with E-state index in [1.165, 1.54) is 0 Å². The number of hydrogen-bond acceptors (Lipinski definition) is 3. The smallest absolute Gasteiger partial charge is 0.386 e. The zero-order valence-corrected chi connectivity index (χ0v) is 5.53. The molecular weight excluding hydrogens is 144 g/mol. The van der Waals surface area contributed by atoms with Crippen molar-refractivity contribution in [1.82, 2.24) is 0 Å². The number of carbonyl (C=O) groups excluding carboxylic acids is 2. The van der Waals surface area contributed by atoms with Crippen LogP contribution in [0.5, 0.6) is 0 Å². The molecule has 1 aromatic rings. The van der Waals surface area contributed by atoms with Crippen molar-refractivity contribution in [3.8, 4) is 0 Å². The molecule has 0 atom stereocenters. The second kappa shape index (κ2) is 1.92. The molecule has 54 valence electrons. The molecular formula is C8H8O3+4. The summed E-state index contributed by atoms with van der Waals surface area (Å²) in [5.74, 6) is -1.10. The first-order chi connectivity index (χ1) is 5.29. The highest BCUT2D eigenvalue weighted by molar-refractivity contribution is 6.14. The minimum absolute atomic E-state index is 0. The highest BCUT2D eigenvalue weighted by Gasteiger charge is 2.28. The van der Waals surface area contributed by atoms with E-state index in [0.29, 0.717) is 11.1 Å². The number of fused-ring (bicyclic) bond motifs is 1. The Kier molecular flexibility index (Phi) is 1.06. The third kappa shape index (κ3) is 0.741. The van der Waals surface area contributed by atoms with Gasteiger partial charge in [-0.3, -0.25) is 0 Å². The molecule has 0 unspecified atom stereocenters. The summed E-state index contributed by atoms with van der Waals surface area (Å²) in [6.07, 6.45) is 0. The summed E-state index contributed by atoms with van der Waals surface area (Å²) in [5.41, 5.74) is 0.718. The topological polar surface area (TPSA) is 43.4 Å². The van der Waals surface area contributed by atoms with Crippen molar-refractivity contribution in [3.63, 3.8) is 0 Å². The number of hydrogen-bond donors (Lipinski definition) is 0. The van der Waals surface area contributed by atoms with E-state index in [0.717, 1.165) is 0 Å². The molecule has 1 heterocycles. The number of cyclic esters (lactones) is 2. The van der Waals surface area contributed by atoms with Gasteiger partial charge in [0.1, 0.15) is 0 Å². The lowest BCUT2D eigenvalue weighted by atomic mass is 10.1. The Labute approximate surface area is 68.5 Å². The van der Waals surface area contributed by atoms with Crippen molar-refractivity contribution >= 4 is 11.9 Å². The fourth-order valence-corrected chi connectivity index (χ4v) is 1.03. The molecule has 1 aromatic carbocycles. The molecule has 0 saturated carbocycles. The van der Waals surface area contributed by atoms with Gasteiger partial charge in [-0.15, -0.1) is 0 Å². The van der Waals surface area contributed by atoms with Crippen LogP contribution in [0.25, 0.3) is 0 Å². The quantitative estimate of drug-likeness (QED) is 0.417. The van der Waals surface area contributed by atoms with Crippen LogP contribution in [-0.4, -0.2) is 11.9 Å². The van der Waals surface area contributed by atoms with Crippen molar-refractivity contribution in [2.24, 2.45) is 0 Å². The van der Waals surface area contributed by atoms with Crippen LogP contribution in [0, 0.1) is 0 Å². The zero-order valence-electron chi connectivity index (χ0n) is 9.53. The van der Waals surface area contributed by atoms with Crippen LogP contribution in [0.2, 0.25) is 0 Å². The maximum atomic E-state index is 10.8. The molecule has 1 aliphatic rings. The molecule has 0 aromatic heterocycles. The molecule has 0 saturated heterocycles. The summed E-state index contributed by atoms with van der Waals surface area (Å²) in [6.45, 7) is 0. The molecule has 0 radical (unpaired) electrons. The first kappa shape index (κ1) is 6.09. The van der Waals surface area contributed by atoms with E-state index in [1.807, 2.05) is 0 Å². The first-order valence-electron chi connectivity index (χ1n) is 3.14. The Morgan fingerprint density at radius 2 is 1.45 bits per heavy atom. The van der Waals surface area contributed by atoms with Crippen LogP contribution in [0.1, 0.15) is 26.4 Å². The van der Waals surface area contributed by atoms with E-state index in [1.54, 1.807) is 24.3 Å². The van der Waals surface area contributed by atoms with Crippen LogP contribution in [0.3, 0.4) is 0 Å². The fourth-order valence-electron chi connectivity index (χ4n) is 1.03. The van der Waals surface area contributed by atoms with Gasteiger partial charge in [-0.2, -0.15) is 0 Å². The molecule has 0 fully saturated rings. The van der Waals surface area contributed by atoms with Gasteiger partial charge >= 0.3 is 17.6 Å². The second-order valence-corrected chi connectivity index (χ2v) is 2.22. The molecule has 0 aliphatic carbocycles. The van der Waals surface area contributed by atoms with Gasteiger partial charge in [0.25, 0.3) is 0 Å². The summed E-state index contributed by atoms with van der Waals surface area (Å²) < 4.78 is 4.35. The maximum absolute atomic E-state index is 10.8. The zero-order chi connectivity index (χ0) is 7.84. The Bertz CT molecular complexity index is 320. The highest BCUT2D eigenvalue weighted by atomic mass is 16.6. The molecule has 2 rings (SSSR count). The molecule has 0 N–H and O–H groups in total. The summed E-state index contributed by atoms with van der Waals surface area (Å²) in [6, 6.07) is 6.53. The fraction of sp³-hybridized carbons (Fsp3) is 0. The Hall–Kier alpha value is -1.64. The maximum Gasteiger partial charge on any atom is 1.00 e. The minimum Gasteiger partial charge on any atom is -0.386 e. The van der Waals surface area contributed by atoms with Crippen LogP contribution in [0.15, 0.2) is 24.3 Å². The van der Waals surface area contributed by atoms with Gasteiger partial charge in [-0.25, -0.2) is 9.59 Å². The lowest BCUT2D eigenvalue weighted by Gasteiger charge is -1.86. The standard InChI is InChI=1S/C8H4O3/c9-7-5-3-1-2-4-6(5)8(10)11-7/h1-4H/p+4. The van der Waals surface area contributed by atoms with Crippen molar-refractivity contribution in [3.05, 3.63) is 35.4 Å². The van der Waals surface area contributed by atoms with Crippen LogP contribution in [0.4, 0.5) is 0 Å². The number of ether oxygens (including phenoxy) is 1. The Morgan fingerprint density at radius 1 is 1.00 bits per heavy atom. The number of carbonyl (C=O) groups is 2. The largest absolute Gasteiger partial charge is 1.00 e. The van der Waals surface area contributed by atoms with Crippen LogP contribution < -0.4 is 0 Å². The SMILES string of the molecule is O=C1OC(=O)c2ccccc21.[H+].[H+].[H+].[H+]. The predicted octanol–water partition coefficient (Wildman–Crippen LogP) is 1.45. The lowest BCUT2D eigenvalue weighted by molar-refractivity contribution is 0.0444. The summed E-state index contributed by atoms with van der Waals surface area (Å²) in [5, 5.41) is 0. The van der Waals surface area contributed by atoms with E-state index in [-0.39, 0.29) is 5.71 Å². The summed E-state index contributed by atoms with van der Waals surface area (Å²) in [4.78, 5) is 21.7. The van der Waals surface area contributed by atoms with E-state index in [2.05, 4.69) is 4.74 Å². The normalized spacial score (nSPS) is 14.5. The van der Waals surface area contributed by atoms with Crippen molar-refractivity contribution in [2.75, 3.05) is 0 Å². The van der Waals surface area contributed by atoms with Gasteiger partial charge in [0.2, 0.25) is 0 Å². The van der Waals surface area contributed by atoms with Crippen molar-refractivity contribution in [1.29, 1.82) is 0 Å². The number of rotatable bonds is 0. The molecule has 0 spiro atoms. The predicted molar refractivity (Wildman–Crippen MR) is 40.6 cm³/mol. The third-order valence-corrected chi connectivity index (χ3v) is 1.55. The summed E-state index contributed by atoms with van der Waals surface area (Å²) >= 11 is 0. The average molecular weight is 152 g/mol. The molecule has 11 heavy (non-hydrogen) atoms. The van der Waals surface area contributed by atoms with Crippen LogP contribution in [-0.2, 0) is 4.74 Å². The molecule has 1 aliphatic heterocycles. The lowest BCUT2D eigenvalue weighted by Crippen LogP contribution is -1.96. The van der Waals surface area contributed by atoms with E-state index < -0.39 is 11.9 Å². The van der Waals surface area contributed by atoms with E-state index in [4.69, 9.17) is 0 Å². The van der Waals surface area contributed by atoms with Gasteiger partial charge in [0.15, 0.2) is 0 Å². The van der Waals surface area contributed by atoms with E-state index in [9.17, 15) is 9.59 Å². The van der Waals surface area contributed by atoms with Gasteiger partial charge < -0.3 is 4.74 Å². The monoisotopic (exact) mass is 152 g/mol. The van der Waals surface area contributed by atoms with E-state index >= 15 is 0 Å². The van der Waals surface area contributed by atoms with Gasteiger partial charge in [0.05, 0.1) is 11.1 Å². The van der Waals surface area contributed by atoms with Gasteiger partial charge in [0, 0.05) is 0 Å². The summed E-state index contributed by atoms with van der Waals surface area (Å²) in [7, 11) is 0. The van der Waals surface area contributed by atoms with Crippen molar-refractivity contribution < 1.29 is 20.0 Å². The van der Waals surface area contributed by atoms with Crippen molar-refractivity contribution in [2.45, 2.75) is 0 Å². The molecule has 3 nitrogen and oxygen atoms in total. The average Bonchev–Trinajstić information content (AvgIpc) is 2.30. The highest BCUT2D eigenvalue weighted by Crippen LogP contribution is 2.18. The number of benzene rings is 1. The Morgan fingerprint density at radius 3 is 1.91 bits per heavy atom. The molecule has 0 amide bonds. The minimum atomic E-state index is -0.550. The van der Waals surface area contributed by atoms with Gasteiger partial charge in [-0.1, -0.05) is 12.1 Å². The Balaban J connectivity index is -0.000000360. The first-order valence-corrected chi connectivity index (χ1v) is 3.14. The second-order valence-electron chi connectivity index (χ2n) is 2.22. The number of esters is 2. The molecule has 0 bridgehead atoms. The van der Waals surface area contributed by atoms with Crippen LogP contribution >= 0.6 is 0 Å². The van der Waals surface area contributed by atoms with Gasteiger partial charge in [-0.05, 0) is 12.1 Å². The molecule has 3 heteroatoms. The third-order valence-electron chi connectivity index (χ3n) is 1.55.